The minimum Gasteiger partial charge on any atom is -0.457 e. The number of hydrogen-bond acceptors (Lipinski definition) is 5. The highest BCUT2D eigenvalue weighted by Crippen LogP contribution is 2.31. The van der Waals surface area contributed by atoms with Crippen LogP contribution in [0.25, 0.3) is 11.5 Å². The summed E-state index contributed by atoms with van der Waals surface area (Å²) < 4.78 is 6.97. The summed E-state index contributed by atoms with van der Waals surface area (Å²) >= 11 is 5.12. The van der Waals surface area contributed by atoms with Crippen molar-refractivity contribution in [2.24, 2.45) is 0 Å². The molecule has 1 saturated heterocycles. The molecule has 1 aliphatic heterocycles. The van der Waals surface area contributed by atoms with E-state index in [1.54, 1.807) is 6.20 Å². The van der Waals surface area contributed by atoms with Crippen LogP contribution in [0.15, 0.2) is 32.4 Å². The zero-order valence-corrected chi connectivity index (χ0v) is 14.4. The number of hydrogen-bond donors (Lipinski definition) is 0. The van der Waals surface area contributed by atoms with Crippen molar-refractivity contribution >= 4 is 27.7 Å². The van der Waals surface area contributed by atoms with E-state index in [1.807, 2.05) is 12.3 Å². The third-order valence-electron chi connectivity index (χ3n) is 3.61. The van der Waals surface area contributed by atoms with Crippen molar-refractivity contribution in [1.29, 1.82) is 0 Å². The van der Waals surface area contributed by atoms with Crippen molar-refractivity contribution in [3.05, 3.63) is 28.6 Å². The zero-order valence-electron chi connectivity index (χ0n) is 12.0. The van der Waals surface area contributed by atoms with Crippen LogP contribution in [0.5, 0.6) is 0 Å². The van der Waals surface area contributed by atoms with Gasteiger partial charge in [0.05, 0.1) is 11.0 Å². The summed E-state index contributed by atoms with van der Waals surface area (Å²) in [6.07, 6.45) is 7.67. The maximum atomic E-state index is 6.01. The lowest BCUT2D eigenvalue weighted by molar-refractivity contribution is 0.206. The molecule has 1 fully saturated rings. The Bertz CT molecular complexity index is 611. The molecule has 0 spiro atoms. The molecule has 4 nitrogen and oxygen atoms in total. The van der Waals surface area contributed by atoms with Crippen LogP contribution in [0.1, 0.15) is 25.0 Å². The lowest BCUT2D eigenvalue weighted by atomic mass is 10.1. The topological polar surface area (TPSA) is 42.2 Å². The predicted molar refractivity (Wildman–Crippen MR) is 88.3 cm³/mol. The van der Waals surface area contributed by atoms with Crippen molar-refractivity contribution in [2.75, 3.05) is 19.3 Å². The van der Waals surface area contributed by atoms with Gasteiger partial charge in [0.15, 0.2) is 10.9 Å². The SMILES string of the molecule is CSc1nccc(-c2oc(CN3CCCCC3)cc2Br)n1. The van der Waals surface area contributed by atoms with Gasteiger partial charge in [-0.15, -0.1) is 0 Å². The molecule has 21 heavy (non-hydrogen) atoms. The van der Waals surface area contributed by atoms with Crippen LogP contribution >= 0.6 is 27.7 Å². The van der Waals surface area contributed by atoms with E-state index in [0.29, 0.717) is 0 Å². The van der Waals surface area contributed by atoms with Crippen molar-refractivity contribution in [2.45, 2.75) is 31.0 Å². The normalized spacial score (nSPS) is 16.3. The van der Waals surface area contributed by atoms with Crippen molar-refractivity contribution in [1.82, 2.24) is 14.9 Å². The minimum absolute atomic E-state index is 0.758. The molecule has 1 aliphatic rings. The minimum atomic E-state index is 0.758. The predicted octanol–water partition coefficient (Wildman–Crippen LogP) is 4.21. The van der Waals surface area contributed by atoms with Crippen LogP contribution in [0, 0.1) is 0 Å². The Morgan fingerprint density at radius 3 is 2.90 bits per heavy atom. The van der Waals surface area contributed by atoms with Gasteiger partial charge in [0, 0.05) is 6.20 Å². The van der Waals surface area contributed by atoms with E-state index in [2.05, 4.69) is 36.9 Å². The number of likely N-dealkylation sites (tertiary alicyclic amines) is 1. The van der Waals surface area contributed by atoms with Gasteiger partial charge in [-0.2, -0.15) is 0 Å². The third-order valence-corrected chi connectivity index (χ3v) is 4.77. The van der Waals surface area contributed by atoms with E-state index in [-0.39, 0.29) is 0 Å². The summed E-state index contributed by atoms with van der Waals surface area (Å²) in [5.74, 6) is 1.78. The fourth-order valence-corrected chi connectivity index (χ4v) is 3.47. The van der Waals surface area contributed by atoms with E-state index in [9.17, 15) is 0 Å². The van der Waals surface area contributed by atoms with Crippen molar-refractivity contribution < 1.29 is 4.42 Å². The van der Waals surface area contributed by atoms with Crippen LogP contribution in [0.4, 0.5) is 0 Å². The highest BCUT2D eigenvalue weighted by atomic mass is 79.9. The van der Waals surface area contributed by atoms with Gasteiger partial charge in [-0.25, -0.2) is 9.97 Å². The van der Waals surface area contributed by atoms with Gasteiger partial charge in [0.25, 0.3) is 0 Å². The molecule has 2 aromatic rings. The fraction of sp³-hybridized carbons (Fsp3) is 0.467. The van der Waals surface area contributed by atoms with Crippen LogP contribution in [0.2, 0.25) is 0 Å². The first-order chi connectivity index (χ1) is 10.3. The second-order valence-corrected chi connectivity index (χ2v) is 6.78. The summed E-state index contributed by atoms with van der Waals surface area (Å²) in [6.45, 7) is 3.20. The molecule has 0 aromatic carbocycles. The van der Waals surface area contributed by atoms with E-state index in [1.165, 1.54) is 31.0 Å². The maximum Gasteiger partial charge on any atom is 0.187 e. The molecule has 6 heteroatoms. The Morgan fingerprint density at radius 1 is 1.33 bits per heavy atom. The highest BCUT2D eigenvalue weighted by molar-refractivity contribution is 9.10. The summed E-state index contributed by atoms with van der Waals surface area (Å²) in [5, 5.41) is 0.758. The molecule has 0 amide bonds. The number of aromatic nitrogens is 2. The quantitative estimate of drug-likeness (QED) is 0.598. The molecule has 0 saturated carbocycles. The lowest BCUT2D eigenvalue weighted by Gasteiger charge is -2.25. The molecule has 2 aromatic heterocycles. The summed E-state index contributed by atoms with van der Waals surface area (Å²) in [5.41, 5.74) is 0.825. The molecule has 0 radical (unpaired) electrons. The monoisotopic (exact) mass is 367 g/mol. The number of furan rings is 1. The Kier molecular flexibility index (Phi) is 4.98. The number of rotatable bonds is 4. The molecule has 0 unspecified atom stereocenters. The van der Waals surface area contributed by atoms with E-state index in [0.717, 1.165) is 46.5 Å². The third kappa shape index (κ3) is 3.67. The Labute approximate surface area is 137 Å². The van der Waals surface area contributed by atoms with E-state index in [4.69, 9.17) is 4.42 Å². The van der Waals surface area contributed by atoms with Gasteiger partial charge in [0.2, 0.25) is 0 Å². The lowest BCUT2D eigenvalue weighted by Crippen LogP contribution is -2.28. The van der Waals surface area contributed by atoms with Crippen molar-refractivity contribution in [3.8, 4) is 11.5 Å². The van der Waals surface area contributed by atoms with E-state index >= 15 is 0 Å². The van der Waals surface area contributed by atoms with Crippen LogP contribution in [0.3, 0.4) is 0 Å². The Morgan fingerprint density at radius 2 is 2.14 bits per heavy atom. The van der Waals surface area contributed by atoms with Crippen LogP contribution < -0.4 is 0 Å². The molecule has 112 valence electrons. The molecule has 0 aliphatic carbocycles. The standard InChI is InChI=1S/C15H18BrN3OS/c1-21-15-17-6-5-13(18-15)14-12(16)9-11(20-14)10-19-7-3-2-4-8-19/h5-6,9H,2-4,7-8,10H2,1H3. The first kappa shape index (κ1) is 15.1. The molecule has 0 atom stereocenters. The number of halogens is 1. The average Bonchev–Trinajstić information content (AvgIpc) is 2.89. The first-order valence-corrected chi connectivity index (χ1v) is 9.16. The highest BCUT2D eigenvalue weighted by Gasteiger charge is 2.17. The number of thioether (sulfide) groups is 1. The zero-order chi connectivity index (χ0) is 14.7. The van der Waals surface area contributed by atoms with Gasteiger partial charge in [-0.05, 0) is 60.2 Å². The molecule has 3 rings (SSSR count). The molecular formula is C15H18BrN3OS. The smallest absolute Gasteiger partial charge is 0.187 e. The van der Waals surface area contributed by atoms with Gasteiger partial charge in [-0.3, -0.25) is 4.90 Å². The maximum absolute atomic E-state index is 6.01. The van der Waals surface area contributed by atoms with Gasteiger partial charge >= 0.3 is 0 Å². The Hall–Kier alpha value is -0.850. The van der Waals surface area contributed by atoms with Crippen molar-refractivity contribution in [3.63, 3.8) is 0 Å². The summed E-state index contributed by atoms with van der Waals surface area (Å²) in [7, 11) is 0. The average molecular weight is 368 g/mol. The molecule has 3 heterocycles. The molecular weight excluding hydrogens is 350 g/mol. The van der Waals surface area contributed by atoms with Gasteiger partial charge in [0.1, 0.15) is 11.5 Å². The number of piperidine rings is 1. The first-order valence-electron chi connectivity index (χ1n) is 7.14. The second kappa shape index (κ2) is 6.94. The molecule has 0 N–H and O–H groups in total. The van der Waals surface area contributed by atoms with Crippen LogP contribution in [-0.2, 0) is 6.54 Å². The summed E-state index contributed by atoms with van der Waals surface area (Å²) in [4.78, 5) is 11.1. The molecule has 0 bridgehead atoms. The van der Waals surface area contributed by atoms with E-state index < -0.39 is 0 Å². The fourth-order valence-electron chi connectivity index (χ4n) is 2.57. The van der Waals surface area contributed by atoms with Gasteiger partial charge in [-0.1, -0.05) is 18.2 Å². The second-order valence-electron chi connectivity index (χ2n) is 5.16. The van der Waals surface area contributed by atoms with Gasteiger partial charge < -0.3 is 4.42 Å². The number of nitrogens with zero attached hydrogens (tertiary/aromatic N) is 3. The Balaban J connectivity index is 1.79. The van der Waals surface area contributed by atoms with Crippen LogP contribution in [-0.4, -0.2) is 34.2 Å². The largest absolute Gasteiger partial charge is 0.457 e. The summed E-state index contributed by atoms with van der Waals surface area (Å²) in [6, 6.07) is 3.94.